The second-order valence-electron chi connectivity index (χ2n) is 2.49. The maximum Gasteiger partial charge on any atom is 0.218 e. The first-order valence-corrected chi connectivity index (χ1v) is 4.37. The first-order valence-electron chi connectivity index (χ1n) is 3.62. The smallest absolute Gasteiger partial charge is 0.218 e. The molecule has 0 aliphatic heterocycles. The lowest BCUT2D eigenvalue weighted by Gasteiger charge is -2.01. The Morgan fingerprint density at radius 1 is 1.31 bits per heavy atom. The lowest BCUT2D eigenvalue weighted by atomic mass is 10.1. The highest BCUT2D eigenvalue weighted by molar-refractivity contribution is 6.35. The van der Waals surface area contributed by atoms with E-state index in [-0.39, 0.29) is 5.02 Å². The molecular weight excluding hydrogens is 212 g/mol. The minimum atomic E-state index is -0.494. The van der Waals surface area contributed by atoms with E-state index in [0.717, 1.165) is 0 Å². The van der Waals surface area contributed by atoms with Crippen molar-refractivity contribution >= 4 is 23.2 Å². The lowest BCUT2D eigenvalue weighted by Crippen LogP contribution is -1.91. The van der Waals surface area contributed by atoms with Crippen molar-refractivity contribution in [2.24, 2.45) is 0 Å². The van der Waals surface area contributed by atoms with Gasteiger partial charge in [0.05, 0.1) is 5.02 Å². The molecule has 0 unspecified atom stereocenters. The maximum atomic E-state index is 12.9. The molecular formula is C9H6Cl2FN. The van der Waals surface area contributed by atoms with Gasteiger partial charge in [0.25, 0.3) is 0 Å². The normalized spacial score (nSPS) is 9.69. The topological polar surface area (TPSA) is 4.36 Å². The summed E-state index contributed by atoms with van der Waals surface area (Å²) in [5.41, 5.74) is 0.625. The molecule has 0 aliphatic carbocycles. The Kier molecular flexibility index (Phi) is 3.53. The number of nitrogens with zero attached hydrogens (tertiary/aromatic N) is 1. The van der Waals surface area contributed by atoms with Crippen molar-refractivity contribution in [3.63, 3.8) is 0 Å². The molecule has 0 amide bonds. The van der Waals surface area contributed by atoms with E-state index in [1.807, 2.05) is 0 Å². The fraction of sp³-hybridized carbons (Fsp3) is 0.222. The van der Waals surface area contributed by atoms with E-state index in [2.05, 4.69) is 4.85 Å². The molecule has 0 saturated heterocycles. The van der Waals surface area contributed by atoms with E-state index < -0.39 is 5.82 Å². The van der Waals surface area contributed by atoms with E-state index in [4.69, 9.17) is 29.8 Å². The van der Waals surface area contributed by atoms with Crippen LogP contribution < -0.4 is 0 Å². The summed E-state index contributed by atoms with van der Waals surface area (Å²) < 4.78 is 12.9. The van der Waals surface area contributed by atoms with Crippen molar-refractivity contribution in [3.05, 3.63) is 45.0 Å². The van der Waals surface area contributed by atoms with Crippen LogP contribution in [-0.2, 0) is 6.42 Å². The van der Waals surface area contributed by atoms with Gasteiger partial charge in [-0.05, 0) is 17.7 Å². The third kappa shape index (κ3) is 2.58. The standard InChI is InChI=1S/C9H6Cl2FN/c1-13-3-2-6-4-9(12)8(11)5-7(6)10/h4-5H,2-3H2. The van der Waals surface area contributed by atoms with Crippen LogP contribution in [0.25, 0.3) is 4.85 Å². The van der Waals surface area contributed by atoms with Gasteiger partial charge in [-0.2, -0.15) is 0 Å². The Balaban J connectivity index is 2.96. The quantitative estimate of drug-likeness (QED) is 0.527. The van der Waals surface area contributed by atoms with E-state index in [1.165, 1.54) is 12.1 Å². The summed E-state index contributed by atoms with van der Waals surface area (Å²) >= 11 is 11.3. The third-order valence-corrected chi connectivity index (χ3v) is 2.22. The van der Waals surface area contributed by atoms with E-state index in [0.29, 0.717) is 23.6 Å². The van der Waals surface area contributed by atoms with Crippen molar-refractivity contribution in [1.29, 1.82) is 0 Å². The van der Waals surface area contributed by atoms with Crippen LogP contribution in [0.15, 0.2) is 12.1 Å². The van der Waals surface area contributed by atoms with Gasteiger partial charge in [0.1, 0.15) is 5.82 Å². The number of hydrogen-bond donors (Lipinski definition) is 0. The highest BCUT2D eigenvalue weighted by atomic mass is 35.5. The Bertz CT molecular complexity index is 357. The second kappa shape index (κ2) is 4.45. The van der Waals surface area contributed by atoms with Crippen LogP contribution in [0.2, 0.25) is 10.0 Å². The van der Waals surface area contributed by atoms with Crippen LogP contribution in [0.1, 0.15) is 5.56 Å². The van der Waals surface area contributed by atoms with Gasteiger partial charge in [-0.15, -0.1) is 0 Å². The summed E-state index contributed by atoms with van der Waals surface area (Å²) in [6.07, 6.45) is 0.455. The van der Waals surface area contributed by atoms with Crippen LogP contribution in [0.3, 0.4) is 0 Å². The van der Waals surface area contributed by atoms with Crippen LogP contribution in [0.4, 0.5) is 4.39 Å². The first kappa shape index (κ1) is 10.3. The van der Waals surface area contributed by atoms with Crippen molar-refractivity contribution in [1.82, 2.24) is 0 Å². The monoisotopic (exact) mass is 217 g/mol. The molecule has 0 atom stereocenters. The highest BCUT2D eigenvalue weighted by Crippen LogP contribution is 2.24. The zero-order valence-electron chi connectivity index (χ0n) is 6.65. The van der Waals surface area contributed by atoms with Gasteiger partial charge < -0.3 is 4.85 Å². The average Bonchev–Trinajstić information content (AvgIpc) is 2.09. The SMILES string of the molecule is [C-]#[N+]CCc1cc(F)c(Cl)cc1Cl. The lowest BCUT2D eigenvalue weighted by molar-refractivity contribution is 0.626. The highest BCUT2D eigenvalue weighted by Gasteiger charge is 2.07. The van der Waals surface area contributed by atoms with Crippen LogP contribution in [-0.4, -0.2) is 6.54 Å². The first-order chi connectivity index (χ1) is 6.15. The molecule has 68 valence electrons. The molecule has 0 spiro atoms. The minimum Gasteiger partial charge on any atom is -0.317 e. The van der Waals surface area contributed by atoms with Gasteiger partial charge >= 0.3 is 0 Å². The molecule has 1 nitrogen and oxygen atoms in total. The Labute approximate surface area is 85.9 Å². The molecule has 1 rings (SSSR count). The van der Waals surface area contributed by atoms with Crippen molar-refractivity contribution < 1.29 is 4.39 Å². The number of hydrogen-bond acceptors (Lipinski definition) is 0. The summed E-state index contributed by atoms with van der Waals surface area (Å²) in [5, 5.41) is 0.423. The molecule has 1 aromatic rings. The molecule has 0 saturated carbocycles. The molecule has 0 radical (unpaired) electrons. The van der Waals surface area contributed by atoms with Gasteiger partial charge in [0.15, 0.2) is 0 Å². The minimum absolute atomic E-state index is 0.0107. The zero-order chi connectivity index (χ0) is 9.84. The fourth-order valence-corrected chi connectivity index (χ4v) is 1.41. The summed E-state index contributed by atoms with van der Waals surface area (Å²) in [4.78, 5) is 3.16. The van der Waals surface area contributed by atoms with Crippen LogP contribution in [0, 0.1) is 12.4 Å². The molecule has 0 aliphatic rings. The van der Waals surface area contributed by atoms with E-state index in [1.54, 1.807) is 0 Å². The summed E-state index contributed by atoms with van der Waals surface area (Å²) in [5.74, 6) is -0.494. The van der Waals surface area contributed by atoms with Crippen molar-refractivity contribution in [2.45, 2.75) is 6.42 Å². The molecule has 0 bridgehead atoms. The van der Waals surface area contributed by atoms with Crippen molar-refractivity contribution in [2.75, 3.05) is 6.54 Å². The Morgan fingerprint density at radius 2 is 2.00 bits per heavy atom. The van der Waals surface area contributed by atoms with Crippen LogP contribution >= 0.6 is 23.2 Å². The Hall–Kier alpha value is -0.780. The molecule has 0 heterocycles. The van der Waals surface area contributed by atoms with Gasteiger partial charge in [-0.25, -0.2) is 11.0 Å². The molecule has 0 aromatic heterocycles. The number of halogens is 3. The molecule has 0 fully saturated rings. The van der Waals surface area contributed by atoms with Gasteiger partial charge in [-0.1, -0.05) is 23.2 Å². The average molecular weight is 218 g/mol. The summed E-state index contributed by atoms with van der Waals surface area (Å²) in [7, 11) is 0. The van der Waals surface area contributed by atoms with E-state index >= 15 is 0 Å². The fourth-order valence-electron chi connectivity index (χ4n) is 0.932. The molecule has 0 N–H and O–H groups in total. The van der Waals surface area contributed by atoms with Gasteiger partial charge in [-0.3, -0.25) is 0 Å². The largest absolute Gasteiger partial charge is 0.317 e. The summed E-state index contributed by atoms with van der Waals surface area (Å²) in [6, 6.07) is 2.63. The van der Waals surface area contributed by atoms with Gasteiger partial charge in [0, 0.05) is 11.4 Å². The van der Waals surface area contributed by atoms with Gasteiger partial charge in [0.2, 0.25) is 6.54 Å². The summed E-state index contributed by atoms with van der Waals surface area (Å²) in [6.45, 7) is 6.89. The predicted octanol–water partition coefficient (Wildman–Crippen LogP) is 3.59. The zero-order valence-corrected chi connectivity index (χ0v) is 8.16. The third-order valence-electron chi connectivity index (χ3n) is 1.58. The molecule has 1 aromatic carbocycles. The number of rotatable bonds is 2. The molecule has 13 heavy (non-hydrogen) atoms. The number of benzene rings is 1. The molecule has 4 heteroatoms. The van der Waals surface area contributed by atoms with Crippen LogP contribution in [0.5, 0.6) is 0 Å². The second-order valence-corrected chi connectivity index (χ2v) is 3.30. The predicted molar refractivity (Wildman–Crippen MR) is 51.6 cm³/mol. The Morgan fingerprint density at radius 3 is 2.62 bits per heavy atom. The maximum absolute atomic E-state index is 12.9. The van der Waals surface area contributed by atoms with E-state index in [9.17, 15) is 4.39 Å². The van der Waals surface area contributed by atoms with Crippen molar-refractivity contribution in [3.8, 4) is 0 Å².